The number of nitrogens with one attached hydrogen (secondary N) is 1. The Balaban J connectivity index is 1.60. The number of halogens is 1. The maximum absolute atomic E-state index is 6.13. The van der Waals surface area contributed by atoms with E-state index in [1.807, 2.05) is 48.0 Å². The van der Waals surface area contributed by atoms with E-state index in [4.69, 9.17) is 11.6 Å². The summed E-state index contributed by atoms with van der Waals surface area (Å²) in [7, 11) is 0. The molecule has 0 atom stereocenters. The summed E-state index contributed by atoms with van der Waals surface area (Å²) in [6.07, 6.45) is 6.31. The van der Waals surface area contributed by atoms with Crippen molar-refractivity contribution in [3.8, 4) is 0 Å². The average molecular weight is 349 g/mol. The zero-order chi connectivity index (χ0) is 17.0. The van der Waals surface area contributed by atoms with Crippen LogP contribution in [-0.2, 0) is 6.42 Å². The molecule has 1 aromatic carbocycles. The molecule has 0 aliphatic heterocycles. The monoisotopic (exact) mass is 348 g/mol. The van der Waals surface area contributed by atoms with Crippen molar-refractivity contribution in [3.05, 3.63) is 65.1 Å². The Kier molecular flexibility index (Phi) is 3.02. The number of fused-ring (bicyclic) bond motifs is 4. The van der Waals surface area contributed by atoms with Crippen LogP contribution in [-0.4, -0.2) is 29.3 Å². The van der Waals surface area contributed by atoms with Crippen molar-refractivity contribution in [3.63, 3.8) is 0 Å². The lowest BCUT2D eigenvalue weighted by atomic mass is 10.2. The number of rotatable bonds is 2. The lowest BCUT2D eigenvalue weighted by molar-refractivity contribution is 1.00. The Morgan fingerprint density at radius 2 is 2.04 bits per heavy atom. The second kappa shape index (κ2) is 5.26. The van der Waals surface area contributed by atoms with E-state index in [1.165, 1.54) is 0 Å². The summed E-state index contributed by atoms with van der Waals surface area (Å²) < 4.78 is 1.92. The van der Waals surface area contributed by atoms with Crippen LogP contribution in [0.2, 0.25) is 5.02 Å². The SMILES string of the molecule is Cc1ccn2cc(Cc3nc4cnc5ccc(Cl)cc5c4[nH]3)nc2n1. The van der Waals surface area contributed by atoms with Gasteiger partial charge in [0.1, 0.15) is 11.3 Å². The van der Waals surface area contributed by atoms with Crippen molar-refractivity contribution in [1.29, 1.82) is 0 Å². The molecule has 122 valence electrons. The summed E-state index contributed by atoms with van der Waals surface area (Å²) in [5.74, 6) is 1.54. The average Bonchev–Trinajstić information content (AvgIpc) is 3.17. The van der Waals surface area contributed by atoms with Crippen molar-refractivity contribution in [1.82, 2.24) is 29.3 Å². The topological polar surface area (TPSA) is 71.8 Å². The molecule has 0 radical (unpaired) electrons. The summed E-state index contributed by atoms with van der Waals surface area (Å²) in [5, 5.41) is 1.65. The van der Waals surface area contributed by atoms with Crippen molar-refractivity contribution >= 4 is 39.3 Å². The van der Waals surface area contributed by atoms with Crippen LogP contribution in [0.5, 0.6) is 0 Å². The second-order valence-corrected chi connectivity index (χ2v) is 6.49. The van der Waals surface area contributed by atoms with Gasteiger partial charge in [-0.05, 0) is 31.2 Å². The normalized spacial score (nSPS) is 11.8. The van der Waals surface area contributed by atoms with E-state index in [-0.39, 0.29) is 0 Å². The summed E-state index contributed by atoms with van der Waals surface area (Å²) in [6.45, 7) is 1.96. The first-order valence-corrected chi connectivity index (χ1v) is 8.27. The minimum Gasteiger partial charge on any atom is -0.341 e. The molecule has 0 unspecified atom stereocenters. The fourth-order valence-electron chi connectivity index (χ4n) is 3.04. The zero-order valence-corrected chi connectivity index (χ0v) is 14.1. The van der Waals surface area contributed by atoms with E-state index in [0.29, 0.717) is 17.2 Å². The molecular formula is C18H13ClN6. The fourth-order valence-corrected chi connectivity index (χ4v) is 3.21. The molecule has 4 heterocycles. The van der Waals surface area contributed by atoms with E-state index < -0.39 is 0 Å². The first-order chi connectivity index (χ1) is 12.2. The number of pyridine rings is 1. The number of benzene rings is 1. The number of hydrogen-bond donors (Lipinski definition) is 1. The number of nitrogens with zero attached hydrogens (tertiary/aromatic N) is 5. The predicted molar refractivity (Wildman–Crippen MR) is 96.9 cm³/mol. The highest BCUT2D eigenvalue weighted by Gasteiger charge is 2.11. The molecule has 25 heavy (non-hydrogen) atoms. The molecule has 4 aromatic heterocycles. The molecule has 5 aromatic rings. The van der Waals surface area contributed by atoms with E-state index in [0.717, 1.165) is 39.1 Å². The van der Waals surface area contributed by atoms with Gasteiger partial charge in [0.2, 0.25) is 5.78 Å². The van der Waals surface area contributed by atoms with Crippen LogP contribution in [0.15, 0.2) is 42.9 Å². The molecular weight excluding hydrogens is 336 g/mol. The van der Waals surface area contributed by atoms with Gasteiger partial charge in [0, 0.05) is 34.9 Å². The van der Waals surface area contributed by atoms with Gasteiger partial charge >= 0.3 is 0 Å². The maximum atomic E-state index is 6.13. The predicted octanol–water partition coefficient (Wildman–Crippen LogP) is 3.71. The van der Waals surface area contributed by atoms with Crippen LogP contribution < -0.4 is 0 Å². The van der Waals surface area contributed by atoms with Gasteiger partial charge in [-0.3, -0.25) is 9.38 Å². The zero-order valence-electron chi connectivity index (χ0n) is 13.4. The summed E-state index contributed by atoms with van der Waals surface area (Å²) in [5.41, 5.74) is 4.51. The third kappa shape index (κ3) is 2.42. The molecule has 0 aliphatic carbocycles. The van der Waals surface area contributed by atoms with Gasteiger partial charge in [-0.2, -0.15) is 0 Å². The third-order valence-electron chi connectivity index (χ3n) is 4.20. The molecule has 0 bridgehead atoms. The van der Waals surface area contributed by atoms with Crippen LogP contribution in [0.1, 0.15) is 17.2 Å². The standard InChI is InChI=1S/C18H13ClN6/c1-10-4-5-25-9-12(22-18(25)21-10)7-16-23-15-8-20-14-3-2-11(19)6-13(14)17(15)24-16/h2-6,8-9H,7H2,1H3,(H,23,24). The lowest BCUT2D eigenvalue weighted by Gasteiger charge is -1.98. The van der Waals surface area contributed by atoms with Crippen molar-refractivity contribution in [2.45, 2.75) is 13.3 Å². The van der Waals surface area contributed by atoms with Gasteiger partial charge in [-0.25, -0.2) is 15.0 Å². The van der Waals surface area contributed by atoms with E-state index in [9.17, 15) is 0 Å². The Bertz CT molecular complexity index is 1250. The molecule has 0 saturated carbocycles. The smallest absolute Gasteiger partial charge is 0.234 e. The molecule has 0 amide bonds. The van der Waals surface area contributed by atoms with Gasteiger partial charge in [0.05, 0.1) is 22.9 Å². The van der Waals surface area contributed by atoms with Gasteiger partial charge in [-0.1, -0.05) is 11.6 Å². The quantitative estimate of drug-likeness (QED) is 0.528. The van der Waals surface area contributed by atoms with Gasteiger partial charge < -0.3 is 4.98 Å². The maximum Gasteiger partial charge on any atom is 0.234 e. The van der Waals surface area contributed by atoms with Crippen molar-refractivity contribution < 1.29 is 0 Å². The van der Waals surface area contributed by atoms with Crippen LogP contribution in [0.3, 0.4) is 0 Å². The molecule has 6 nitrogen and oxygen atoms in total. The highest BCUT2D eigenvalue weighted by Crippen LogP contribution is 2.25. The number of aromatic nitrogens is 6. The van der Waals surface area contributed by atoms with E-state index in [2.05, 4.69) is 24.9 Å². The second-order valence-electron chi connectivity index (χ2n) is 6.05. The largest absolute Gasteiger partial charge is 0.341 e. The summed E-state index contributed by atoms with van der Waals surface area (Å²) >= 11 is 6.13. The Morgan fingerprint density at radius 3 is 2.96 bits per heavy atom. The highest BCUT2D eigenvalue weighted by molar-refractivity contribution is 6.31. The van der Waals surface area contributed by atoms with E-state index >= 15 is 0 Å². The molecule has 0 saturated heterocycles. The Morgan fingerprint density at radius 1 is 1.12 bits per heavy atom. The molecule has 5 rings (SSSR count). The minimum absolute atomic E-state index is 0.596. The van der Waals surface area contributed by atoms with Crippen LogP contribution in [0, 0.1) is 6.92 Å². The third-order valence-corrected chi connectivity index (χ3v) is 4.43. The number of aryl methyl sites for hydroxylation is 1. The van der Waals surface area contributed by atoms with Crippen molar-refractivity contribution in [2.24, 2.45) is 0 Å². The van der Waals surface area contributed by atoms with Gasteiger partial charge in [0.15, 0.2) is 0 Å². The number of imidazole rings is 2. The summed E-state index contributed by atoms with van der Waals surface area (Å²) in [4.78, 5) is 21.5. The van der Waals surface area contributed by atoms with Crippen LogP contribution in [0.4, 0.5) is 0 Å². The van der Waals surface area contributed by atoms with Gasteiger partial charge in [-0.15, -0.1) is 0 Å². The van der Waals surface area contributed by atoms with E-state index in [1.54, 1.807) is 6.20 Å². The number of hydrogen-bond acceptors (Lipinski definition) is 4. The molecule has 1 N–H and O–H groups in total. The fraction of sp³-hybridized carbons (Fsp3) is 0.111. The summed E-state index contributed by atoms with van der Waals surface area (Å²) in [6, 6.07) is 7.62. The number of aromatic amines is 1. The Hall–Kier alpha value is -2.99. The minimum atomic E-state index is 0.596. The highest BCUT2D eigenvalue weighted by atomic mass is 35.5. The van der Waals surface area contributed by atoms with Gasteiger partial charge in [0.25, 0.3) is 0 Å². The first kappa shape index (κ1) is 14.4. The molecule has 0 spiro atoms. The Labute approximate surface area is 147 Å². The molecule has 7 heteroatoms. The van der Waals surface area contributed by atoms with Crippen LogP contribution >= 0.6 is 11.6 Å². The van der Waals surface area contributed by atoms with Crippen molar-refractivity contribution in [2.75, 3.05) is 0 Å². The van der Waals surface area contributed by atoms with Crippen LogP contribution in [0.25, 0.3) is 27.7 Å². The first-order valence-electron chi connectivity index (χ1n) is 7.90. The molecule has 0 fully saturated rings. The molecule has 0 aliphatic rings. The number of H-pyrrole nitrogens is 1. The lowest BCUT2D eigenvalue weighted by Crippen LogP contribution is -1.90.